The van der Waals surface area contributed by atoms with Crippen molar-refractivity contribution in [3.05, 3.63) is 23.8 Å². The van der Waals surface area contributed by atoms with Crippen LogP contribution in [0.2, 0.25) is 0 Å². The highest BCUT2D eigenvalue weighted by Crippen LogP contribution is 2.34. The fourth-order valence-corrected chi connectivity index (χ4v) is 3.05. The fourth-order valence-electron chi connectivity index (χ4n) is 3.05. The molecule has 4 nitrogen and oxygen atoms in total. The largest absolute Gasteiger partial charge is 0.497 e. The van der Waals surface area contributed by atoms with E-state index >= 15 is 0 Å². The number of hydrogen-bond donors (Lipinski definition) is 1. The van der Waals surface area contributed by atoms with Crippen molar-refractivity contribution in [3.8, 4) is 11.8 Å². The first-order valence-electron chi connectivity index (χ1n) is 6.35. The number of nitriles is 1. The second-order valence-electron chi connectivity index (χ2n) is 5.08. The molecule has 94 valence electrons. The van der Waals surface area contributed by atoms with E-state index in [0.717, 1.165) is 55.0 Å². The van der Waals surface area contributed by atoms with Crippen LogP contribution in [0.3, 0.4) is 0 Å². The maximum absolute atomic E-state index is 9.22. The molecule has 2 saturated heterocycles. The number of ether oxygens (including phenoxy) is 1. The Balaban J connectivity index is 1.89. The molecule has 0 bridgehead atoms. The third-order valence-corrected chi connectivity index (χ3v) is 4.06. The molecule has 0 spiro atoms. The summed E-state index contributed by atoms with van der Waals surface area (Å²) in [5.74, 6) is 2.27. The molecule has 0 aromatic heterocycles. The molecule has 2 heterocycles. The third-order valence-electron chi connectivity index (χ3n) is 4.06. The molecule has 3 rings (SSSR count). The number of anilines is 1. The van der Waals surface area contributed by atoms with Gasteiger partial charge in [-0.15, -0.1) is 0 Å². The molecule has 18 heavy (non-hydrogen) atoms. The zero-order valence-electron chi connectivity index (χ0n) is 10.5. The number of fused-ring (bicyclic) bond motifs is 1. The number of methoxy groups -OCH3 is 1. The summed E-state index contributed by atoms with van der Waals surface area (Å²) in [6.45, 7) is 4.29. The van der Waals surface area contributed by atoms with Gasteiger partial charge in [0, 0.05) is 32.2 Å². The predicted octanol–water partition coefficient (Wildman–Crippen LogP) is 1.22. The summed E-state index contributed by atoms with van der Waals surface area (Å²) in [5.41, 5.74) is 1.76. The van der Waals surface area contributed by atoms with Crippen LogP contribution in [0.1, 0.15) is 5.56 Å². The topological polar surface area (TPSA) is 48.3 Å². The van der Waals surface area contributed by atoms with Crippen molar-refractivity contribution in [1.82, 2.24) is 5.32 Å². The van der Waals surface area contributed by atoms with E-state index in [1.165, 1.54) is 0 Å². The summed E-state index contributed by atoms with van der Waals surface area (Å²) in [7, 11) is 1.66. The predicted molar refractivity (Wildman–Crippen MR) is 69.8 cm³/mol. The lowest BCUT2D eigenvalue weighted by atomic mass is 10.0. The van der Waals surface area contributed by atoms with Gasteiger partial charge in [-0.25, -0.2) is 0 Å². The molecule has 0 amide bonds. The average molecular weight is 243 g/mol. The molecule has 4 heteroatoms. The van der Waals surface area contributed by atoms with E-state index in [1.807, 2.05) is 18.2 Å². The van der Waals surface area contributed by atoms with Gasteiger partial charge < -0.3 is 15.0 Å². The van der Waals surface area contributed by atoms with Gasteiger partial charge in [0.25, 0.3) is 0 Å². The van der Waals surface area contributed by atoms with Gasteiger partial charge in [0.2, 0.25) is 0 Å². The first-order chi connectivity index (χ1) is 8.81. The number of nitrogens with one attached hydrogen (secondary N) is 1. The van der Waals surface area contributed by atoms with Crippen molar-refractivity contribution in [2.24, 2.45) is 11.8 Å². The van der Waals surface area contributed by atoms with Crippen molar-refractivity contribution >= 4 is 5.69 Å². The molecule has 2 atom stereocenters. The van der Waals surface area contributed by atoms with Gasteiger partial charge in [0.15, 0.2) is 0 Å². The smallest absolute Gasteiger partial charge is 0.121 e. The van der Waals surface area contributed by atoms with E-state index in [2.05, 4.69) is 16.3 Å². The Kier molecular flexibility index (Phi) is 2.85. The molecule has 0 saturated carbocycles. The lowest BCUT2D eigenvalue weighted by molar-refractivity contribution is 0.415. The second-order valence-corrected chi connectivity index (χ2v) is 5.08. The summed E-state index contributed by atoms with van der Waals surface area (Å²) in [4.78, 5) is 2.33. The molecule has 2 aliphatic rings. The molecule has 2 fully saturated rings. The van der Waals surface area contributed by atoms with Gasteiger partial charge in [0.1, 0.15) is 11.8 Å². The molecule has 1 N–H and O–H groups in total. The highest BCUT2D eigenvalue weighted by Gasteiger charge is 2.36. The number of nitrogens with zero attached hydrogens (tertiary/aromatic N) is 2. The SMILES string of the molecule is COc1ccc(C#N)c(N2C[C@H]3CNC[C@H]3C2)c1. The Bertz CT molecular complexity index is 482. The van der Waals surface area contributed by atoms with Crippen molar-refractivity contribution in [1.29, 1.82) is 5.26 Å². The Labute approximate surface area is 107 Å². The minimum Gasteiger partial charge on any atom is -0.497 e. The van der Waals surface area contributed by atoms with Gasteiger partial charge in [0.05, 0.1) is 18.4 Å². The molecule has 2 aliphatic heterocycles. The maximum Gasteiger partial charge on any atom is 0.121 e. The van der Waals surface area contributed by atoms with E-state index in [1.54, 1.807) is 7.11 Å². The van der Waals surface area contributed by atoms with Crippen LogP contribution in [0.4, 0.5) is 5.69 Å². The first-order valence-corrected chi connectivity index (χ1v) is 6.35. The van der Waals surface area contributed by atoms with E-state index in [-0.39, 0.29) is 0 Å². The van der Waals surface area contributed by atoms with Crippen LogP contribution in [0.5, 0.6) is 5.75 Å². The standard InChI is InChI=1S/C14H17N3O/c1-18-13-3-2-10(5-15)14(4-13)17-8-11-6-16-7-12(11)9-17/h2-4,11-12,16H,6-9H2,1H3/t11-,12+. The van der Waals surface area contributed by atoms with E-state index in [9.17, 15) is 5.26 Å². The van der Waals surface area contributed by atoms with Crippen LogP contribution >= 0.6 is 0 Å². The Morgan fingerprint density at radius 3 is 2.67 bits per heavy atom. The summed E-state index contributed by atoms with van der Waals surface area (Å²) >= 11 is 0. The average Bonchev–Trinajstić information content (AvgIpc) is 2.98. The quantitative estimate of drug-likeness (QED) is 0.848. The van der Waals surface area contributed by atoms with Crippen molar-refractivity contribution < 1.29 is 4.74 Å². The zero-order valence-corrected chi connectivity index (χ0v) is 10.5. The molecule has 0 radical (unpaired) electrons. The monoisotopic (exact) mass is 243 g/mol. The summed E-state index contributed by atoms with van der Waals surface area (Å²) < 4.78 is 5.26. The highest BCUT2D eigenvalue weighted by molar-refractivity contribution is 5.62. The number of benzene rings is 1. The van der Waals surface area contributed by atoms with Crippen molar-refractivity contribution in [2.45, 2.75) is 0 Å². The molecule has 0 unspecified atom stereocenters. The normalized spacial score (nSPS) is 25.9. The number of hydrogen-bond acceptors (Lipinski definition) is 4. The second kappa shape index (κ2) is 4.51. The fraction of sp³-hybridized carbons (Fsp3) is 0.500. The van der Waals surface area contributed by atoms with Crippen LogP contribution in [-0.4, -0.2) is 33.3 Å². The van der Waals surface area contributed by atoms with Crippen LogP contribution < -0.4 is 15.0 Å². The van der Waals surface area contributed by atoms with Crippen molar-refractivity contribution in [2.75, 3.05) is 38.2 Å². The Morgan fingerprint density at radius 2 is 2.06 bits per heavy atom. The first kappa shape index (κ1) is 11.4. The van der Waals surface area contributed by atoms with Gasteiger partial charge in [-0.1, -0.05) is 0 Å². The lowest BCUT2D eigenvalue weighted by Gasteiger charge is -2.21. The Hall–Kier alpha value is -1.73. The third kappa shape index (κ3) is 1.81. The Morgan fingerprint density at radius 1 is 1.33 bits per heavy atom. The summed E-state index contributed by atoms with van der Waals surface area (Å²) in [6, 6.07) is 7.95. The molecular formula is C14H17N3O. The minimum absolute atomic E-state index is 0.725. The van der Waals surface area contributed by atoms with Gasteiger partial charge in [-0.3, -0.25) is 0 Å². The molecular weight excluding hydrogens is 226 g/mol. The molecule has 0 aliphatic carbocycles. The highest BCUT2D eigenvalue weighted by atomic mass is 16.5. The number of rotatable bonds is 2. The van der Waals surface area contributed by atoms with Gasteiger partial charge in [-0.05, 0) is 24.0 Å². The zero-order chi connectivity index (χ0) is 12.5. The van der Waals surface area contributed by atoms with Crippen molar-refractivity contribution in [3.63, 3.8) is 0 Å². The van der Waals surface area contributed by atoms with Gasteiger partial charge >= 0.3 is 0 Å². The van der Waals surface area contributed by atoms with Gasteiger partial charge in [-0.2, -0.15) is 5.26 Å². The lowest BCUT2D eigenvalue weighted by Crippen LogP contribution is -2.26. The minimum atomic E-state index is 0.725. The van der Waals surface area contributed by atoms with E-state index in [4.69, 9.17) is 4.74 Å². The molecule has 1 aromatic rings. The van der Waals surface area contributed by atoms with Crippen LogP contribution in [0.25, 0.3) is 0 Å². The summed E-state index contributed by atoms with van der Waals surface area (Å²) in [5, 5.41) is 12.6. The summed E-state index contributed by atoms with van der Waals surface area (Å²) in [6.07, 6.45) is 0. The molecule has 1 aromatic carbocycles. The van der Waals surface area contributed by atoms with E-state index < -0.39 is 0 Å². The van der Waals surface area contributed by atoms with Crippen LogP contribution in [-0.2, 0) is 0 Å². The van der Waals surface area contributed by atoms with Crippen LogP contribution in [0.15, 0.2) is 18.2 Å². The van der Waals surface area contributed by atoms with E-state index in [0.29, 0.717) is 0 Å². The maximum atomic E-state index is 9.22. The van der Waals surface area contributed by atoms with Crippen LogP contribution in [0, 0.1) is 23.2 Å².